The summed E-state index contributed by atoms with van der Waals surface area (Å²) >= 11 is 0. The maximum absolute atomic E-state index is 3.94. The van der Waals surface area contributed by atoms with Gasteiger partial charge in [-0.2, -0.15) is 0 Å². The zero-order chi connectivity index (χ0) is 6.53. The Bertz CT molecular complexity index is 167. The molecule has 0 fully saturated rings. The summed E-state index contributed by atoms with van der Waals surface area (Å²) in [4.78, 5) is 3.94. The Kier molecular flexibility index (Phi) is 9.12. The molecule has 0 amide bonds. The predicted octanol–water partition coefficient (Wildman–Crippen LogP) is 2.36. The van der Waals surface area contributed by atoms with E-state index in [4.69, 9.17) is 0 Å². The van der Waals surface area contributed by atoms with Gasteiger partial charge in [0.25, 0.3) is 0 Å². The highest BCUT2D eigenvalue weighted by atomic mass is 35.5. The van der Waals surface area contributed by atoms with Crippen molar-refractivity contribution in [2.75, 3.05) is 11.9 Å². The van der Waals surface area contributed by atoms with Crippen molar-refractivity contribution >= 4 is 30.5 Å². The molecule has 0 radical (unpaired) electrons. The fraction of sp³-hybridized carbons (Fsp3) is 0.286. The highest BCUT2D eigenvalue weighted by Crippen LogP contribution is 2.00. The number of aromatic nitrogens is 1. The van der Waals surface area contributed by atoms with Crippen molar-refractivity contribution in [3.8, 4) is 0 Å². The van der Waals surface area contributed by atoms with Crippen LogP contribution in [0.25, 0.3) is 0 Å². The average molecular weight is 195 g/mol. The number of pyridine rings is 1. The largest absolute Gasteiger partial charge is 0.384 e. The van der Waals surface area contributed by atoms with Crippen LogP contribution in [0.15, 0.2) is 24.5 Å². The maximum atomic E-state index is 3.94. The molecule has 0 unspecified atom stereocenters. The SMILES string of the molecule is CCNc1cccnc1.Cl.Cl. The number of rotatable bonds is 2. The van der Waals surface area contributed by atoms with Crippen LogP contribution in [0.3, 0.4) is 0 Å². The Morgan fingerprint density at radius 1 is 1.45 bits per heavy atom. The summed E-state index contributed by atoms with van der Waals surface area (Å²) in [5, 5.41) is 3.14. The van der Waals surface area contributed by atoms with E-state index in [0.717, 1.165) is 12.2 Å². The molecule has 0 spiro atoms. The van der Waals surface area contributed by atoms with E-state index >= 15 is 0 Å². The molecule has 0 saturated carbocycles. The molecule has 1 heterocycles. The molecule has 4 heteroatoms. The first kappa shape index (κ1) is 13.1. The van der Waals surface area contributed by atoms with Gasteiger partial charge in [0.1, 0.15) is 0 Å². The monoisotopic (exact) mass is 194 g/mol. The van der Waals surface area contributed by atoms with Gasteiger partial charge in [-0.25, -0.2) is 0 Å². The van der Waals surface area contributed by atoms with Gasteiger partial charge in [0.2, 0.25) is 0 Å². The van der Waals surface area contributed by atoms with Gasteiger partial charge in [0.05, 0.1) is 5.69 Å². The second-order valence-corrected chi connectivity index (χ2v) is 1.77. The van der Waals surface area contributed by atoms with E-state index in [9.17, 15) is 0 Å². The zero-order valence-electron chi connectivity index (χ0n) is 6.28. The topological polar surface area (TPSA) is 24.9 Å². The van der Waals surface area contributed by atoms with Gasteiger partial charge in [-0.1, -0.05) is 0 Å². The van der Waals surface area contributed by atoms with Gasteiger partial charge in [-0.3, -0.25) is 4.98 Å². The van der Waals surface area contributed by atoms with Crippen molar-refractivity contribution in [1.29, 1.82) is 0 Å². The fourth-order valence-electron chi connectivity index (χ4n) is 0.671. The van der Waals surface area contributed by atoms with Crippen molar-refractivity contribution in [1.82, 2.24) is 4.98 Å². The predicted molar refractivity (Wildman–Crippen MR) is 52.9 cm³/mol. The molecule has 1 rings (SSSR count). The van der Waals surface area contributed by atoms with Crippen LogP contribution in [0, 0.1) is 0 Å². The Balaban J connectivity index is 0. The van der Waals surface area contributed by atoms with Crippen molar-refractivity contribution in [2.45, 2.75) is 6.92 Å². The Morgan fingerprint density at radius 2 is 2.18 bits per heavy atom. The molecule has 0 atom stereocenters. The van der Waals surface area contributed by atoms with Crippen LogP contribution in [-0.4, -0.2) is 11.5 Å². The maximum Gasteiger partial charge on any atom is 0.0526 e. The first-order chi connectivity index (χ1) is 4.43. The normalized spacial score (nSPS) is 7.36. The smallest absolute Gasteiger partial charge is 0.0526 e. The highest BCUT2D eigenvalue weighted by molar-refractivity contribution is 5.85. The minimum Gasteiger partial charge on any atom is -0.384 e. The van der Waals surface area contributed by atoms with Crippen molar-refractivity contribution in [3.05, 3.63) is 24.5 Å². The quantitative estimate of drug-likeness (QED) is 0.783. The first-order valence-corrected chi connectivity index (χ1v) is 3.07. The summed E-state index contributed by atoms with van der Waals surface area (Å²) in [6.45, 7) is 3.01. The molecule has 64 valence electrons. The molecule has 0 aromatic carbocycles. The van der Waals surface area contributed by atoms with Gasteiger partial charge in [-0.15, -0.1) is 24.8 Å². The molecular formula is C7H12Cl2N2. The lowest BCUT2D eigenvalue weighted by Gasteiger charge is -1.98. The molecule has 0 bridgehead atoms. The summed E-state index contributed by atoms with van der Waals surface area (Å²) in [5.41, 5.74) is 1.08. The number of anilines is 1. The van der Waals surface area contributed by atoms with Crippen LogP contribution in [0.4, 0.5) is 5.69 Å². The van der Waals surface area contributed by atoms with E-state index in [1.807, 2.05) is 18.3 Å². The number of hydrogen-bond acceptors (Lipinski definition) is 2. The van der Waals surface area contributed by atoms with Gasteiger partial charge in [0, 0.05) is 18.9 Å². The molecule has 0 saturated heterocycles. The highest BCUT2D eigenvalue weighted by Gasteiger charge is 1.82. The molecule has 11 heavy (non-hydrogen) atoms. The molecule has 0 aliphatic rings. The van der Waals surface area contributed by atoms with Crippen LogP contribution in [-0.2, 0) is 0 Å². The molecule has 1 N–H and O–H groups in total. The minimum absolute atomic E-state index is 0. The van der Waals surface area contributed by atoms with Gasteiger partial charge >= 0.3 is 0 Å². The zero-order valence-corrected chi connectivity index (χ0v) is 7.91. The third kappa shape index (κ3) is 4.87. The standard InChI is InChI=1S/C7H10N2.2ClH/c1-2-9-7-4-3-5-8-6-7;;/h3-6,9H,2H2,1H3;2*1H. The van der Waals surface area contributed by atoms with Gasteiger partial charge < -0.3 is 5.32 Å². The van der Waals surface area contributed by atoms with E-state index in [-0.39, 0.29) is 24.8 Å². The number of hydrogen-bond donors (Lipinski definition) is 1. The summed E-state index contributed by atoms with van der Waals surface area (Å²) in [7, 11) is 0. The first-order valence-electron chi connectivity index (χ1n) is 3.07. The third-order valence-electron chi connectivity index (χ3n) is 1.04. The number of halogens is 2. The lowest BCUT2D eigenvalue weighted by Crippen LogP contribution is -1.95. The van der Waals surface area contributed by atoms with E-state index in [0.29, 0.717) is 0 Å². The van der Waals surface area contributed by atoms with Gasteiger partial charge in [-0.05, 0) is 19.1 Å². The number of nitrogens with zero attached hydrogens (tertiary/aromatic N) is 1. The molecular weight excluding hydrogens is 183 g/mol. The number of nitrogens with one attached hydrogen (secondary N) is 1. The Morgan fingerprint density at radius 3 is 2.64 bits per heavy atom. The molecule has 2 nitrogen and oxygen atoms in total. The van der Waals surface area contributed by atoms with E-state index in [2.05, 4.69) is 17.2 Å². The second-order valence-electron chi connectivity index (χ2n) is 1.77. The molecule has 1 aromatic rings. The van der Waals surface area contributed by atoms with Crippen LogP contribution in [0.1, 0.15) is 6.92 Å². The van der Waals surface area contributed by atoms with E-state index in [1.165, 1.54) is 0 Å². The van der Waals surface area contributed by atoms with Crippen LogP contribution in [0.5, 0.6) is 0 Å². The van der Waals surface area contributed by atoms with E-state index in [1.54, 1.807) is 6.20 Å². The minimum atomic E-state index is 0. The molecule has 0 aliphatic carbocycles. The van der Waals surface area contributed by atoms with Crippen molar-refractivity contribution in [2.24, 2.45) is 0 Å². The van der Waals surface area contributed by atoms with Gasteiger partial charge in [0.15, 0.2) is 0 Å². The second kappa shape index (κ2) is 7.63. The average Bonchev–Trinajstić information content (AvgIpc) is 1.91. The van der Waals surface area contributed by atoms with Crippen molar-refractivity contribution in [3.63, 3.8) is 0 Å². The van der Waals surface area contributed by atoms with Crippen LogP contribution < -0.4 is 5.32 Å². The van der Waals surface area contributed by atoms with Crippen LogP contribution >= 0.6 is 24.8 Å². The molecule has 0 aliphatic heterocycles. The fourth-order valence-corrected chi connectivity index (χ4v) is 0.671. The molecule has 1 aromatic heterocycles. The Hall–Kier alpha value is -0.470. The van der Waals surface area contributed by atoms with Crippen molar-refractivity contribution < 1.29 is 0 Å². The Labute approximate surface area is 79.2 Å². The lowest BCUT2D eigenvalue weighted by atomic mass is 10.4. The van der Waals surface area contributed by atoms with E-state index < -0.39 is 0 Å². The summed E-state index contributed by atoms with van der Waals surface area (Å²) in [6, 6.07) is 3.91. The summed E-state index contributed by atoms with van der Waals surface area (Å²) in [6.07, 6.45) is 3.57. The summed E-state index contributed by atoms with van der Waals surface area (Å²) < 4.78 is 0. The lowest BCUT2D eigenvalue weighted by molar-refractivity contribution is 1.19. The summed E-state index contributed by atoms with van der Waals surface area (Å²) in [5.74, 6) is 0. The third-order valence-corrected chi connectivity index (χ3v) is 1.04. The van der Waals surface area contributed by atoms with Crippen LogP contribution in [0.2, 0.25) is 0 Å².